The van der Waals surface area contributed by atoms with Crippen LogP contribution in [0.4, 0.5) is 4.39 Å². The van der Waals surface area contributed by atoms with Crippen LogP contribution >= 0.6 is 23.2 Å². The maximum absolute atomic E-state index is 13.5. The second-order valence-electron chi connectivity index (χ2n) is 4.91. The summed E-state index contributed by atoms with van der Waals surface area (Å²) in [6.07, 6.45) is 1.69. The van der Waals surface area contributed by atoms with Crippen LogP contribution in [0, 0.1) is 5.82 Å². The van der Waals surface area contributed by atoms with Crippen molar-refractivity contribution in [3.8, 4) is 0 Å². The van der Waals surface area contributed by atoms with E-state index in [1.165, 1.54) is 28.8 Å². The number of halogens is 3. The molecular formula is C15H9Cl2FN2O3. The van der Waals surface area contributed by atoms with Gasteiger partial charge >= 0.3 is 5.97 Å². The second kappa shape index (κ2) is 5.72. The first-order valence-electron chi connectivity index (χ1n) is 6.47. The summed E-state index contributed by atoms with van der Waals surface area (Å²) in [5.41, 5.74) is 0.642. The summed E-state index contributed by atoms with van der Waals surface area (Å²) in [5, 5.41) is 9.40. The average molecular weight is 355 g/mol. The molecule has 0 aliphatic heterocycles. The van der Waals surface area contributed by atoms with Crippen molar-refractivity contribution in [1.82, 2.24) is 9.38 Å². The van der Waals surface area contributed by atoms with Crippen LogP contribution in [0.15, 0.2) is 35.3 Å². The highest BCUT2D eigenvalue weighted by atomic mass is 35.5. The molecular weight excluding hydrogens is 346 g/mol. The summed E-state index contributed by atoms with van der Waals surface area (Å²) < 4.78 is 14.9. The van der Waals surface area contributed by atoms with E-state index in [0.717, 1.165) is 6.07 Å². The van der Waals surface area contributed by atoms with Crippen molar-refractivity contribution in [2.75, 3.05) is 0 Å². The predicted molar refractivity (Wildman–Crippen MR) is 84.2 cm³/mol. The van der Waals surface area contributed by atoms with Crippen molar-refractivity contribution in [1.29, 1.82) is 0 Å². The molecule has 0 unspecified atom stereocenters. The molecule has 23 heavy (non-hydrogen) atoms. The number of benzene rings is 1. The molecule has 0 aliphatic rings. The lowest BCUT2D eigenvalue weighted by molar-refractivity contribution is 0.0691. The quantitative estimate of drug-likeness (QED) is 0.757. The summed E-state index contributed by atoms with van der Waals surface area (Å²) in [7, 11) is 0. The molecule has 0 fully saturated rings. The van der Waals surface area contributed by atoms with Gasteiger partial charge in [-0.3, -0.25) is 9.20 Å². The highest BCUT2D eigenvalue weighted by molar-refractivity contribution is 6.42. The number of carboxylic acids is 1. The van der Waals surface area contributed by atoms with E-state index in [1.807, 2.05) is 0 Å². The van der Waals surface area contributed by atoms with Gasteiger partial charge in [-0.15, -0.1) is 0 Å². The van der Waals surface area contributed by atoms with Crippen LogP contribution in [0.3, 0.4) is 0 Å². The number of carbonyl (C=O) groups is 1. The first kappa shape index (κ1) is 15.6. The van der Waals surface area contributed by atoms with Crippen molar-refractivity contribution in [2.24, 2.45) is 0 Å². The molecule has 0 spiro atoms. The maximum atomic E-state index is 13.5. The van der Waals surface area contributed by atoms with Crippen LogP contribution in [0.5, 0.6) is 0 Å². The average Bonchev–Trinajstić information content (AvgIpc) is 2.81. The molecule has 5 nitrogen and oxygen atoms in total. The van der Waals surface area contributed by atoms with E-state index in [2.05, 4.69) is 4.98 Å². The Hall–Kier alpha value is -2.31. The third-order valence-electron chi connectivity index (χ3n) is 3.43. The van der Waals surface area contributed by atoms with E-state index in [0.29, 0.717) is 11.3 Å². The Kier molecular flexibility index (Phi) is 3.87. The molecule has 0 atom stereocenters. The van der Waals surface area contributed by atoms with Gasteiger partial charge in [0.25, 0.3) is 5.56 Å². The number of rotatable bonds is 3. The van der Waals surface area contributed by atoms with Crippen molar-refractivity contribution in [2.45, 2.75) is 6.42 Å². The lowest BCUT2D eigenvalue weighted by Gasteiger charge is -2.08. The first-order valence-corrected chi connectivity index (χ1v) is 7.23. The minimum absolute atomic E-state index is 0.184. The Morgan fingerprint density at radius 3 is 2.74 bits per heavy atom. The van der Waals surface area contributed by atoms with Gasteiger partial charge in [0.15, 0.2) is 0 Å². The van der Waals surface area contributed by atoms with E-state index < -0.39 is 17.3 Å². The van der Waals surface area contributed by atoms with Crippen molar-refractivity contribution in [3.05, 3.63) is 73.6 Å². The number of aromatic carboxylic acids is 1. The maximum Gasteiger partial charge on any atom is 0.338 e. The van der Waals surface area contributed by atoms with Crippen LogP contribution in [-0.2, 0) is 6.42 Å². The van der Waals surface area contributed by atoms with Gasteiger partial charge in [0, 0.05) is 18.3 Å². The fourth-order valence-electron chi connectivity index (χ4n) is 2.38. The van der Waals surface area contributed by atoms with Gasteiger partial charge in [-0.25, -0.2) is 9.18 Å². The molecule has 2 N–H and O–H groups in total. The second-order valence-corrected chi connectivity index (χ2v) is 5.67. The molecule has 0 saturated carbocycles. The lowest BCUT2D eigenvalue weighted by atomic mass is 10.1. The highest BCUT2D eigenvalue weighted by Gasteiger charge is 2.15. The summed E-state index contributed by atoms with van der Waals surface area (Å²) in [4.78, 5) is 25.4. The molecule has 0 amide bonds. The molecule has 2 aromatic heterocycles. The van der Waals surface area contributed by atoms with E-state index >= 15 is 0 Å². The molecule has 1 aromatic carbocycles. The van der Waals surface area contributed by atoms with Crippen LogP contribution in [0.25, 0.3) is 5.52 Å². The molecule has 0 saturated heterocycles. The zero-order valence-corrected chi connectivity index (χ0v) is 13.0. The van der Waals surface area contributed by atoms with Crippen molar-refractivity contribution in [3.63, 3.8) is 0 Å². The largest absolute Gasteiger partial charge is 0.478 e. The molecule has 0 radical (unpaired) electrons. The Morgan fingerprint density at radius 2 is 2.04 bits per heavy atom. The normalized spacial score (nSPS) is 11.1. The van der Waals surface area contributed by atoms with Crippen LogP contribution in [-0.4, -0.2) is 20.5 Å². The minimum Gasteiger partial charge on any atom is -0.478 e. The third-order valence-corrected chi connectivity index (χ3v) is 4.19. The van der Waals surface area contributed by atoms with E-state index in [1.54, 1.807) is 0 Å². The Labute approximate surface area is 138 Å². The number of hydrogen-bond acceptors (Lipinski definition) is 2. The summed E-state index contributed by atoms with van der Waals surface area (Å²) in [6.45, 7) is 0. The van der Waals surface area contributed by atoms with Crippen LogP contribution < -0.4 is 5.56 Å². The predicted octanol–water partition coefficient (Wildman–Crippen LogP) is 3.36. The molecule has 3 aromatic rings. The molecule has 2 heterocycles. The van der Waals surface area contributed by atoms with E-state index in [-0.39, 0.29) is 27.7 Å². The number of fused-ring (bicyclic) bond motifs is 1. The van der Waals surface area contributed by atoms with Crippen molar-refractivity contribution < 1.29 is 14.3 Å². The number of aromatic amines is 1. The number of hydrogen-bond donors (Lipinski definition) is 2. The summed E-state index contributed by atoms with van der Waals surface area (Å²) in [5.74, 6) is -2.16. The zero-order valence-electron chi connectivity index (χ0n) is 11.4. The number of aromatic nitrogens is 2. The fraction of sp³-hybridized carbons (Fsp3) is 0.0667. The standard InChI is InChI=1S/C15H9Cl2FN2O3/c16-10-5-12-14(21)19-6-8(20(12)13(10)17)3-7-1-2-11(18)9(4-7)15(22)23/h1-2,4-6H,3H2,(H,19,21)(H,22,23). The van der Waals surface area contributed by atoms with Gasteiger partial charge in [-0.1, -0.05) is 29.3 Å². The smallest absolute Gasteiger partial charge is 0.338 e. The molecule has 118 valence electrons. The molecule has 3 rings (SSSR count). The highest BCUT2D eigenvalue weighted by Crippen LogP contribution is 2.26. The summed E-state index contributed by atoms with van der Waals surface area (Å²) >= 11 is 12.1. The SMILES string of the molecule is O=C(O)c1cc(Cc2c[nH]c(=O)c3cc(Cl)c(Cl)n23)ccc1F. The van der Waals surface area contributed by atoms with E-state index in [4.69, 9.17) is 28.3 Å². The van der Waals surface area contributed by atoms with E-state index in [9.17, 15) is 14.0 Å². The van der Waals surface area contributed by atoms with Crippen molar-refractivity contribution >= 4 is 34.7 Å². The van der Waals surface area contributed by atoms with Gasteiger partial charge < -0.3 is 10.1 Å². The van der Waals surface area contributed by atoms with Crippen LogP contribution in [0.2, 0.25) is 10.2 Å². The van der Waals surface area contributed by atoms with Gasteiger partial charge in [0.1, 0.15) is 16.5 Å². The lowest BCUT2D eigenvalue weighted by Crippen LogP contribution is -2.12. The Bertz CT molecular complexity index is 994. The molecule has 8 heteroatoms. The summed E-state index contributed by atoms with van der Waals surface area (Å²) in [6, 6.07) is 5.25. The molecule has 0 aliphatic carbocycles. The zero-order chi connectivity index (χ0) is 16.7. The van der Waals surface area contributed by atoms with Gasteiger partial charge in [0.2, 0.25) is 0 Å². The first-order chi connectivity index (χ1) is 10.9. The fourth-order valence-corrected chi connectivity index (χ4v) is 2.82. The third kappa shape index (κ3) is 2.71. The monoisotopic (exact) mass is 354 g/mol. The Morgan fingerprint density at radius 1 is 1.30 bits per heavy atom. The van der Waals surface area contributed by atoms with Gasteiger partial charge in [-0.2, -0.15) is 0 Å². The Balaban J connectivity index is 2.13. The number of nitrogens with zero attached hydrogens (tertiary/aromatic N) is 1. The minimum atomic E-state index is -1.35. The number of carboxylic acid groups (broad SMARTS) is 1. The van der Waals surface area contributed by atoms with Gasteiger partial charge in [-0.05, 0) is 23.8 Å². The number of nitrogens with one attached hydrogen (secondary N) is 1. The molecule has 0 bridgehead atoms. The van der Waals surface area contributed by atoms with Gasteiger partial charge in [0.05, 0.1) is 10.6 Å². The topological polar surface area (TPSA) is 74.6 Å². The number of H-pyrrole nitrogens is 1. The van der Waals surface area contributed by atoms with Crippen LogP contribution in [0.1, 0.15) is 21.6 Å².